The zero-order valence-corrected chi connectivity index (χ0v) is 10.4. The molecule has 0 aliphatic rings. The van der Waals surface area contributed by atoms with E-state index in [-0.39, 0.29) is 12.1 Å². The minimum atomic E-state index is -0.385. The topological polar surface area (TPSA) is 47.9 Å². The Morgan fingerprint density at radius 2 is 2.12 bits per heavy atom. The van der Waals surface area contributed by atoms with E-state index in [1.165, 1.54) is 7.11 Å². The van der Waals surface area contributed by atoms with Crippen LogP contribution in [-0.2, 0) is 11.3 Å². The Hall–Kier alpha value is -1.84. The van der Waals surface area contributed by atoms with Gasteiger partial charge in [-0.05, 0) is 44.3 Å². The number of hydrogen-bond donors (Lipinski definition) is 0. The fourth-order valence-corrected chi connectivity index (χ4v) is 1.46. The molecule has 0 radical (unpaired) electrons. The van der Waals surface area contributed by atoms with Gasteiger partial charge in [-0.15, -0.1) is 0 Å². The second kappa shape index (κ2) is 6.03. The number of aliphatic imine (C=N–C) groups is 1. The molecule has 0 atom stereocenters. The Kier molecular flexibility index (Phi) is 4.69. The van der Waals surface area contributed by atoms with Crippen LogP contribution in [0.4, 0.5) is 0 Å². The number of nitrogens with zero attached hydrogens (tertiary/aromatic N) is 1. The van der Waals surface area contributed by atoms with Gasteiger partial charge in [-0.3, -0.25) is 4.99 Å². The molecule has 0 N–H and O–H groups in total. The molecule has 0 saturated carbocycles. The standard InChI is InChI=1S/C13H17NO3/c1-9(2)17-12-6-10(8-14-3)5-11(7-12)13(15)16-4/h5-7,9H,3,8H2,1-2,4H3. The normalized spacial score (nSPS) is 10.1. The van der Waals surface area contributed by atoms with Crippen LogP contribution in [0, 0.1) is 0 Å². The van der Waals surface area contributed by atoms with E-state index in [1.54, 1.807) is 12.1 Å². The third-order valence-electron chi connectivity index (χ3n) is 2.05. The van der Waals surface area contributed by atoms with Gasteiger partial charge in [-0.25, -0.2) is 4.79 Å². The molecular weight excluding hydrogens is 218 g/mol. The Labute approximate surface area is 101 Å². The van der Waals surface area contributed by atoms with Gasteiger partial charge in [0, 0.05) is 0 Å². The molecule has 4 nitrogen and oxygen atoms in total. The van der Waals surface area contributed by atoms with Crippen molar-refractivity contribution in [2.45, 2.75) is 26.5 Å². The molecule has 0 bridgehead atoms. The van der Waals surface area contributed by atoms with Crippen LogP contribution >= 0.6 is 0 Å². The molecule has 0 saturated heterocycles. The largest absolute Gasteiger partial charge is 0.491 e. The molecule has 0 fully saturated rings. The van der Waals surface area contributed by atoms with Gasteiger partial charge in [0.25, 0.3) is 0 Å². The second-order valence-electron chi connectivity index (χ2n) is 3.91. The van der Waals surface area contributed by atoms with Gasteiger partial charge in [0.2, 0.25) is 0 Å². The van der Waals surface area contributed by atoms with E-state index < -0.39 is 0 Å². The van der Waals surface area contributed by atoms with Gasteiger partial charge in [0.15, 0.2) is 0 Å². The molecule has 92 valence electrons. The molecule has 0 aliphatic carbocycles. The fourth-order valence-electron chi connectivity index (χ4n) is 1.46. The van der Waals surface area contributed by atoms with Gasteiger partial charge in [0.05, 0.1) is 25.3 Å². The maximum Gasteiger partial charge on any atom is 0.337 e. The van der Waals surface area contributed by atoms with Crippen molar-refractivity contribution >= 4 is 12.7 Å². The van der Waals surface area contributed by atoms with E-state index in [2.05, 4.69) is 16.4 Å². The average molecular weight is 235 g/mol. The Balaban J connectivity index is 3.08. The maximum atomic E-state index is 11.5. The number of esters is 1. The molecular formula is C13H17NO3. The van der Waals surface area contributed by atoms with Crippen molar-refractivity contribution in [1.29, 1.82) is 0 Å². The monoisotopic (exact) mass is 235 g/mol. The van der Waals surface area contributed by atoms with E-state index in [4.69, 9.17) is 4.74 Å². The summed E-state index contributed by atoms with van der Waals surface area (Å²) in [6, 6.07) is 5.24. The number of rotatable bonds is 5. The first-order chi connectivity index (χ1) is 8.06. The molecule has 0 unspecified atom stereocenters. The summed E-state index contributed by atoms with van der Waals surface area (Å²) in [5, 5.41) is 0. The van der Waals surface area contributed by atoms with Gasteiger partial charge in [-0.2, -0.15) is 0 Å². The van der Waals surface area contributed by atoms with E-state index in [0.717, 1.165) is 5.56 Å². The van der Waals surface area contributed by atoms with Crippen LogP contribution in [0.15, 0.2) is 23.2 Å². The van der Waals surface area contributed by atoms with E-state index in [1.807, 2.05) is 19.9 Å². The molecule has 0 aromatic heterocycles. The van der Waals surface area contributed by atoms with Crippen LogP contribution < -0.4 is 4.74 Å². The van der Waals surface area contributed by atoms with Crippen LogP contribution in [0.5, 0.6) is 5.75 Å². The molecule has 1 aromatic rings. The summed E-state index contributed by atoms with van der Waals surface area (Å²) in [7, 11) is 1.35. The molecule has 4 heteroatoms. The predicted molar refractivity (Wildman–Crippen MR) is 66.8 cm³/mol. The highest BCUT2D eigenvalue weighted by Gasteiger charge is 2.10. The van der Waals surface area contributed by atoms with Crippen molar-refractivity contribution in [1.82, 2.24) is 0 Å². The highest BCUT2D eigenvalue weighted by atomic mass is 16.5. The Morgan fingerprint density at radius 1 is 1.41 bits per heavy atom. The molecule has 0 spiro atoms. The summed E-state index contributed by atoms with van der Waals surface area (Å²) in [5.74, 6) is 0.256. The van der Waals surface area contributed by atoms with Crippen LogP contribution in [0.3, 0.4) is 0 Å². The summed E-state index contributed by atoms with van der Waals surface area (Å²) in [5.41, 5.74) is 1.34. The summed E-state index contributed by atoms with van der Waals surface area (Å²) in [6.45, 7) is 7.73. The minimum absolute atomic E-state index is 0.0486. The van der Waals surface area contributed by atoms with Gasteiger partial charge in [-0.1, -0.05) is 0 Å². The SMILES string of the molecule is C=NCc1cc(OC(C)C)cc(C(=O)OC)c1. The number of methoxy groups -OCH3 is 1. The zero-order valence-electron chi connectivity index (χ0n) is 10.4. The predicted octanol–water partition coefficient (Wildman–Crippen LogP) is 2.46. The number of hydrogen-bond acceptors (Lipinski definition) is 4. The van der Waals surface area contributed by atoms with E-state index >= 15 is 0 Å². The first-order valence-electron chi connectivity index (χ1n) is 5.38. The number of benzene rings is 1. The number of ether oxygens (including phenoxy) is 2. The summed E-state index contributed by atoms with van der Waals surface area (Å²) < 4.78 is 10.3. The van der Waals surface area contributed by atoms with Gasteiger partial charge < -0.3 is 9.47 Å². The van der Waals surface area contributed by atoms with Crippen LogP contribution in [0.2, 0.25) is 0 Å². The second-order valence-corrected chi connectivity index (χ2v) is 3.91. The minimum Gasteiger partial charge on any atom is -0.491 e. The van der Waals surface area contributed by atoms with Crippen LogP contribution in [0.1, 0.15) is 29.8 Å². The summed E-state index contributed by atoms with van der Waals surface area (Å²) in [4.78, 5) is 15.3. The zero-order chi connectivity index (χ0) is 12.8. The smallest absolute Gasteiger partial charge is 0.337 e. The number of carbonyl (C=O) groups is 1. The molecule has 17 heavy (non-hydrogen) atoms. The quantitative estimate of drug-likeness (QED) is 0.582. The summed E-state index contributed by atoms with van der Waals surface area (Å²) >= 11 is 0. The van der Waals surface area contributed by atoms with Crippen molar-refractivity contribution < 1.29 is 14.3 Å². The van der Waals surface area contributed by atoms with E-state index in [0.29, 0.717) is 17.9 Å². The molecule has 0 amide bonds. The molecule has 0 aliphatic heterocycles. The lowest BCUT2D eigenvalue weighted by molar-refractivity contribution is 0.0600. The maximum absolute atomic E-state index is 11.5. The van der Waals surface area contributed by atoms with Crippen molar-refractivity contribution in [2.75, 3.05) is 7.11 Å². The Bertz CT molecular complexity index is 413. The van der Waals surface area contributed by atoms with Crippen molar-refractivity contribution in [3.63, 3.8) is 0 Å². The Morgan fingerprint density at radius 3 is 2.65 bits per heavy atom. The number of carbonyl (C=O) groups excluding carboxylic acids is 1. The lowest BCUT2D eigenvalue weighted by Gasteiger charge is -2.12. The van der Waals surface area contributed by atoms with Crippen LogP contribution in [-0.4, -0.2) is 25.9 Å². The van der Waals surface area contributed by atoms with Crippen molar-refractivity contribution in [3.8, 4) is 5.75 Å². The summed E-state index contributed by atoms with van der Waals surface area (Å²) in [6.07, 6.45) is 0.0486. The van der Waals surface area contributed by atoms with Crippen molar-refractivity contribution in [3.05, 3.63) is 29.3 Å². The fraction of sp³-hybridized carbons (Fsp3) is 0.385. The first-order valence-corrected chi connectivity index (χ1v) is 5.38. The third-order valence-corrected chi connectivity index (χ3v) is 2.05. The van der Waals surface area contributed by atoms with Gasteiger partial charge >= 0.3 is 5.97 Å². The molecule has 1 aromatic carbocycles. The lowest BCUT2D eigenvalue weighted by atomic mass is 10.1. The average Bonchev–Trinajstić information content (AvgIpc) is 2.27. The third kappa shape index (κ3) is 3.90. The highest BCUT2D eigenvalue weighted by molar-refractivity contribution is 5.90. The molecule has 0 heterocycles. The molecule has 1 rings (SSSR count). The highest BCUT2D eigenvalue weighted by Crippen LogP contribution is 2.20. The van der Waals surface area contributed by atoms with Gasteiger partial charge in [0.1, 0.15) is 5.75 Å². The van der Waals surface area contributed by atoms with Crippen LogP contribution in [0.25, 0.3) is 0 Å². The first kappa shape index (κ1) is 13.2. The van der Waals surface area contributed by atoms with Crippen molar-refractivity contribution in [2.24, 2.45) is 4.99 Å². The lowest BCUT2D eigenvalue weighted by Crippen LogP contribution is -2.08. The van der Waals surface area contributed by atoms with E-state index in [9.17, 15) is 4.79 Å².